The van der Waals surface area contributed by atoms with Gasteiger partial charge in [-0.15, -0.1) is 0 Å². The van der Waals surface area contributed by atoms with E-state index in [0.29, 0.717) is 17.9 Å². The first-order valence-electron chi connectivity index (χ1n) is 6.44. The molecule has 1 heterocycles. The van der Waals surface area contributed by atoms with Crippen molar-refractivity contribution in [2.45, 2.75) is 43.9 Å². The smallest absolute Gasteiger partial charge is 0.188 e. The van der Waals surface area contributed by atoms with Gasteiger partial charge in [-0.2, -0.15) is 0 Å². The number of ether oxygens (including phenoxy) is 1. The van der Waals surface area contributed by atoms with Crippen LogP contribution >= 0.6 is 0 Å². The van der Waals surface area contributed by atoms with Crippen molar-refractivity contribution in [3.8, 4) is 0 Å². The van der Waals surface area contributed by atoms with Gasteiger partial charge in [0.25, 0.3) is 0 Å². The van der Waals surface area contributed by atoms with Crippen LogP contribution in [0.3, 0.4) is 0 Å². The van der Waals surface area contributed by atoms with Crippen molar-refractivity contribution in [3.63, 3.8) is 0 Å². The molecule has 1 aliphatic carbocycles. The van der Waals surface area contributed by atoms with Gasteiger partial charge < -0.3 is 10.5 Å². The van der Waals surface area contributed by atoms with Crippen molar-refractivity contribution in [2.24, 2.45) is 10.7 Å². The summed E-state index contributed by atoms with van der Waals surface area (Å²) in [4.78, 5) is 4.54. The molecule has 3 rings (SSSR count). The Morgan fingerprint density at radius 1 is 1.33 bits per heavy atom. The molecule has 4 heteroatoms. The highest BCUT2D eigenvalue weighted by Gasteiger charge is 2.35. The Kier molecular flexibility index (Phi) is 3.04. The van der Waals surface area contributed by atoms with Crippen LogP contribution in [0.2, 0.25) is 0 Å². The van der Waals surface area contributed by atoms with Crippen molar-refractivity contribution >= 4 is 5.90 Å². The average Bonchev–Trinajstić information content (AvgIpc) is 2.73. The maximum absolute atomic E-state index is 13.5. The van der Waals surface area contributed by atoms with E-state index < -0.39 is 0 Å². The predicted molar refractivity (Wildman–Crippen MR) is 68.0 cm³/mol. The lowest BCUT2D eigenvalue weighted by atomic mass is 9.90. The van der Waals surface area contributed by atoms with E-state index >= 15 is 0 Å². The molecule has 1 saturated carbocycles. The molecule has 0 spiro atoms. The molecule has 18 heavy (non-hydrogen) atoms. The van der Waals surface area contributed by atoms with Gasteiger partial charge in [0.2, 0.25) is 0 Å². The van der Waals surface area contributed by atoms with Crippen LogP contribution in [0.5, 0.6) is 0 Å². The third-order valence-corrected chi connectivity index (χ3v) is 3.69. The first kappa shape index (κ1) is 11.7. The zero-order valence-electron chi connectivity index (χ0n) is 10.2. The number of nitrogens with two attached hydrogens (primary N) is 1. The third kappa shape index (κ3) is 2.25. The molecule has 3 unspecified atom stereocenters. The van der Waals surface area contributed by atoms with Crippen LogP contribution in [0.25, 0.3) is 0 Å². The Morgan fingerprint density at radius 3 is 3.00 bits per heavy atom. The molecule has 3 atom stereocenters. The maximum Gasteiger partial charge on any atom is 0.188 e. The molecule has 1 aromatic carbocycles. The number of fused-ring (bicyclic) bond motifs is 1. The van der Waals surface area contributed by atoms with Gasteiger partial charge in [-0.05, 0) is 30.9 Å². The first-order chi connectivity index (χ1) is 8.72. The van der Waals surface area contributed by atoms with Crippen LogP contribution < -0.4 is 5.73 Å². The lowest BCUT2D eigenvalue weighted by Crippen LogP contribution is -2.37. The fourth-order valence-corrected chi connectivity index (χ4v) is 2.71. The van der Waals surface area contributed by atoms with Crippen LogP contribution in [0.4, 0.5) is 4.39 Å². The molecule has 0 saturated heterocycles. The van der Waals surface area contributed by atoms with Gasteiger partial charge in [0.1, 0.15) is 11.9 Å². The Morgan fingerprint density at radius 2 is 2.17 bits per heavy atom. The van der Waals surface area contributed by atoms with Crippen LogP contribution in [-0.4, -0.2) is 24.1 Å². The summed E-state index contributed by atoms with van der Waals surface area (Å²) in [7, 11) is 0. The molecule has 96 valence electrons. The second-order valence-electron chi connectivity index (χ2n) is 5.09. The van der Waals surface area contributed by atoms with Gasteiger partial charge in [-0.25, -0.2) is 9.38 Å². The summed E-state index contributed by atoms with van der Waals surface area (Å²) in [6.07, 6.45) is 3.42. The summed E-state index contributed by atoms with van der Waals surface area (Å²) < 4.78 is 19.3. The average molecular weight is 248 g/mol. The van der Waals surface area contributed by atoms with E-state index in [0.717, 1.165) is 19.3 Å². The fourth-order valence-electron chi connectivity index (χ4n) is 2.71. The molecule has 0 amide bonds. The predicted octanol–water partition coefficient (Wildman–Crippen LogP) is 2.05. The van der Waals surface area contributed by atoms with E-state index in [2.05, 4.69) is 4.99 Å². The zero-order chi connectivity index (χ0) is 12.5. The Balaban J connectivity index is 1.72. The molecule has 1 aliphatic heterocycles. The highest BCUT2D eigenvalue weighted by molar-refractivity contribution is 5.80. The van der Waals surface area contributed by atoms with E-state index in [-0.39, 0.29) is 24.0 Å². The summed E-state index contributed by atoms with van der Waals surface area (Å²) in [5, 5.41) is 0. The molecule has 0 aromatic heterocycles. The normalized spacial score (nSPS) is 30.6. The largest absolute Gasteiger partial charge is 0.475 e. The quantitative estimate of drug-likeness (QED) is 0.870. The van der Waals surface area contributed by atoms with Gasteiger partial charge >= 0.3 is 0 Å². The molecule has 0 bridgehead atoms. The second-order valence-corrected chi connectivity index (χ2v) is 5.09. The van der Waals surface area contributed by atoms with E-state index in [1.807, 2.05) is 6.07 Å². The van der Waals surface area contributed by atoms with Gasteiger partial charge in [0, 0.05) is 6.04 Å². The first-order valence-corrected chi connectivity index (χ1v) is 6.44. The van der Waals surface area contributed by atoms with Crippen molar-refractivity contribution in [2.75, 3.05) is 0 Å². The molecule has 3 nitrogen and oxygen atoms in total. The number of hydrogen-bond donors (Lipinski definition) is 1. The topological polar surface area (TPSA) is 47.6 Å². The van der Waals surface area contributed by atoms with Crippen molar-refractivity contribution < 1.29 is 9.13 Å². The van der Waals surface area contributed by atoms with Crippen molar-refractivity contribution in [1.82, 2.24) is 0 Å². The van der Waals surface area contributed by atoms with Crippen molar-refractivity contribution in [1.29, 1.82) is 0 Å². The molecule has 0 radical (unpaired) electrons. The van der Waals surface area contributed by atoms with E-state index in [1.54, 1.807) is 12.1 Å². The van der Waals surface area contributed by atoms with Crippen molar-refractivity contribution in [3.05, 3.63) is 35.6 Å². The second kappa shape index (κ2) is 4.69. The van der Waals surface area contributed by atoms with Crippen LogP contribution in [0.15, 0.2) is 29.3 Å². The maximum atomic E-state index is 13.5. The highest BCUT2D eigenvalue weighted by Crippen LogP contribution is 2.29. The van der Waals surface area contributed by atoms with Gasteiger partial charge in [0.05, 0.1) is 12.5 Å². The highest BCUT2D eigenvalue weighted by atomic mass is 19.1. The van der Waals surface area contributed by atoms with Gasteiger partial charge in [-0.3, -0.25) is 0 Å². The van der Waals surface area contributed by atoms with Gasteiger partial charge in [-0.1, -0.05) is 18.2 Å². The number of benzene rings is 1. The number of aliphatic imine (C=N–C) groups is 1. The van der Waals surface area contributed by atoms with Crippen LogP contribution in [0.1, 0.15) is 24.8 Å². The Hall–Kier alpha value is -1.42. The summed E-state index contributed by atoms with van der Waals surface area (Å²) in [6.45, 7) is 0. The van der Waals surface area contributed by atoms with E-state index in [9.17, 15) is 4.39 Å². The minimum Gasteiger partial charge on any atom is -0.475 e. The molecule has 1 fully saturated rings. The standard InChI is InChI=1S/C14H17FN2O/c15-11-4-2-1-3-9(11)7-14-17-12-8-10(16)5-6-13(12)18-14/h1-4,10,12-13H,5-8,16H2. The summed E-state index contributed by atoms with van der Waals surface area (Å²) in [5.41, 5.74) is 6.57. The monoisotopic (exact) mass is 248 g/mol. The summed E-state index contributed by atoms with van der Waals surface area (Å²) in [6, 6.07) is 7.16. The lowest BCUT2D eigenvalue weighted by Gasteiger charge is -2.26. The zero-order valence-corrected chi connectivity index (χ0v) is 10.2. The van der Waals surface area contributed by atoms with Crippen LogP contribution in [-0.2, 0) is 11.2 Å². The molecule has 2 N–H and O–H groups in total. The molecule has 1 aromatic rings. The lowest BCUT2D eigenvalue weighted by molar-refractivity contribution is 0.142. The SMILES string of the molecule is NC1CCC2OC(Cc3ccccc3F)=NC2C1. The number of hydrogen-bond acceptors (Lipinski definition) is 3. The Bertz CT molecular complexity index is 475. The third-order valence-electron chi connectivity index (χ3n) is 3.69. The summed E-state index contributed by atoms with van der Waals surface area (Å²) >= 11 is 0. The summed E-state index contributed by atoms with van der Waals surface area (Å²) in [5.74, 6) is 0.458. The molecular formula is C14H17FN2O. The van der Waals surface area contributed by atoms with E-state index in [4.69, 9.17) is 10.5 Å². The van der Waals surface area contributed by atoms with Crippen LogP contribution in [0, 0.1) is 5.82 Å². The number of halogens is 1. The number of rotatable bonds is 2. The van der Waals surface area contributed by atoms with Gasteiger partial charge in [0.15, 0.2) is 5.90 Å². The number of nitrogens with zero attached hydrogens (tertiary/aromatic N) is 1. The minimum atomic E-state index is -0.199. The molecule has 2 aliphatic rings. The molecular weight excluding hydrogens is 231 g/mol. The fraction of sp³-hybridized carbons (Fsp3) is 0.500. The van der Waals surface area contributed by atoms with E-state index in [1.165, 1.54) is 6.07 Å². The Labute approximate surface area is 106 Å². The minimum absolute atomic E-state index is 0.159.